The molecule has 2 aromatic rings. The predicted molar refractivity (Wildman–Crippen MR) is 131 cm³/mol. The molecule has 0 aliphatic carbocycles. The Hall–Kier alpha value is -2.58. The summed E-state index contributed by atoms with van der Waals surface area (Å²) in [5.74, 6) is 0.989. The number of aryl methyl sites for hydroxylation is 1. The van der Waals surface area contributed by atoms with Gasteiger partial charge in [0, 0.05) is 75.7 Å². The van der Waals surface area contributed by atoms with Gasteiger partial charge in [0.25, 0.3) is 0 Å². The Kier molecular flexibility index (Phi) is 8.45. The Morgan fingerprint density at radius 2 is 1.85 bits per heavy atom. The van der Waals surface area contributed by atoms with Gasteiger partial charge < -0.3 is 19.4 Å². The van der Waals surface area contributed by atoms with Gasteiger partial charge in [-0.25, -0.2) is 0 Å². The molecule has 1 N–H and O–H groups in total. The SMILES string of the molecule is CN1CCN(C(=O)C[C@H]2CN(C(=O)CCCc3cn[nH]c3)CC[C@@H]2Oc2ccc(Cl)cc2)CC1. The van der Waals surface area contributed by atoms with Gasteiger partial charge in [0.05, 0.1) is 6.20 Å². The van der Waals surface area contributed by atoms with E-state index in [2.05, 4.69) is 22.1 Å². The van der Waals surface area contributed by atoms with E-state index in [-0.39, 0.29) is 23.8 Å². The molecule has 2 atom stereocenters. The molecule has 0 radical (unpaired) electrons. The number of aromatic amines is 1. The maximum absolute atomic E-state index is 13.1. The number of nitrogens with one attached hydrogen (secondary N) is 1. The van der Waals surface area contributed by atoms with Crippen LogP contribution in [0.2, 0.25) is 5.02 Å². The molecule has 2 saturated heterocycles. The summed E-state index contributed by atoms with van der Waals surface area (Å²) < 4.78 is 6.30. The van der Waals surface area contributed by atoms with Crippen molar-refractivity contribution in [1.29, 1.82) is 0 Å². The first kappa shape index (κ1) is 24.5. The van der Waals surface area contributed by atoms with Crippen molar-refractivity contribution in [2.24, 2.45) is 5.92 Å². The Balaban J connectivity index is 1.37. The summed E-state index contributed by atoms with van der Waals surface area (Å²) in [7, 11) is 2.08. The monoisotopic (exact) mass is 487 g/mol. The first-order valence-electron chi connectivity index (χ1n) is 12.1. The number of rotatable bonds is 8. The van der Waals surface area contributed by atoms with Crippen LogP contribution in [0.15, 0.2) is 36.7 Å². The zero-order chi connectivity index (χ0) is 23.9. The number of piperidine rings is 1. The van der Waals surface area contributed by atoms with Crippen LogP contribution in [0.1, 0.15) is 31.2 Å². The summed E-state index contributed by atoms with van der Waals surface area (Å²) in [5, 5.41) is 7.42. The summed E-state index contributed by atoms with van der Waals surface area (Å²) in [6.07, 6.45) is 6.74. The molecule has 0 bridgehead atoms. The summed E-state index contributed by atoms with van der Waals surface area (Å²) in [6.45, 7) is 4.47. The van der Waals surface area contributed by atoms with Crippen LogP contribution in [0, 0.1) is 5.92 Å². The average Bonchev–Trinajstić information content (AvgIpc) is 3.35. The molecule has 0 spiro atoms. The summed E-state index contributed by atoms with van der Waals surface area (Å²) in [6, 6.07) is 7.32. The van der Waals surface area contributed by atoms with Crippen LogP contribution < -0.4 is 4.74 Å². The molecule has 4 rings (SSSR count). The number of amides is 2. The molecule has 0 unspecified atom stereocenters. The molecule has 1 aromatic carbocycles. The minimum absolute atomic E-state index is 0.0468. The maximum atomic E-state index is 13.1. The lowest BCUT2D eigenvalue weighted by molar-refractivity contribution is -0.140. The largest absolute Gasteiger partial charge is 0.490 e. The first-order chi connectivity index (χ1) is 16.5. The fraction of sp³-hybridized carbons (Fsp3) is 0.560. The molecule has 2 amide bonds. The lowest BCUT2D eigenvalue weighted by Gasteiger charge is -2.40. The number of nitrogens with zero attached hydrogens (tertiary/aromatic N) is 4. The quantitative estimate of drug-likeness (QED) is 0.619. The van der Waals surface area contributed by atoms with Gasteiger partial charge in [-0.15, -0.1) is 0 Å². The van der Waals surface area contributed by atoms with Crippen molar-refractivity contribution in [3.05, 3.63) is 47.2 Å². The standard InChI is InChI=1S/C25H34ClN5O3/c1-29-11-13-30(14-12-29)25(33)15-20-18-31(24(32)4-2-3-19-16-27-28-17-19)10-9-23(20)34-22-7-5-21(26)6-8-22/h5-8,16-17,20,23H,2-4,9-15,18H2,1H3,(H,27,28)/t20-,23-/m0/s1. The molecule has 1 aromatic heterocycles. The molecule has 184 valence electrons. The van der Waals surface area contributed by atoms with Gasteiger partial charge in [0.2, 0.25) is 11.8 Å². The number of piperazine rings is 1. The van der Waals surface area contributed by atoms with Crippen molar-refractivity contribution >= 4 is 23.4 Å². The molecular weight excluding hydrogens is 454 g/mol. The second kappa shape index (κ2) is 11.7. The average molecular weight is 488 g/mol. The number of carbonyl (C=O) groups excluding carboxylic acids is 2. The van der Waals surface area contributed by atoms with E-state index in [4.69, 9.17) is 16.3 Å². The van der Waals surface area contributed by atoms with Gasteiger partial charge in [-0.1, -0.05) is 11.6 Å². The van der Waals surface area contributed by atoms with Crippen molar-refractivity contribution < 1.29 is 14.3 Å². The topological polar surface area (TPSA) is 81.8 Å². The van der Waals surface area contributed by atoms with E-state index >= 15 is 0 Å². The molecule has 34 heavy (non-hydrogen) atoms. The van der Waals surface area contributed by atoms with Gasteiger partial charge in [-0.2, -0.15) is 5.10 Å². The second-order valence-electron chi connectivity index (χ2n) is 9.35. The first-order valence-corrected chi connectivity index (χ1v) is 12.5. The smallest absolute Gasteiger partial charge is 0.223 e. The zero-order valence-corrected chi connectivity index (χ0v) is 20.5. The number of aromatic nitrogens is 2. The molecule has 2 aliphatic heterocycles. The van der Waals surface area contributed by atoms with Gasteiger partial charge in [-0.3, -0.25) is 14.7 Å². The van der Waals surface area contributed by atoms with E-state index in [9.17, 15) is 9.59 Å². The fourth-order valence-corrected chi connectivity index (χ4v) is 4.83. The fourth-order valence-electron chi connectivity index (χ4n) is 4.70. The van der Waals surface area contributed by atoms with Crippen molar-refractivity contribution in [1.82, 2.24) is 24.9 Å². The number of halogens is 1. The third-order valence-corrected chi connectivity index (χ3v) is 7.07. The van der Waals surface area contributed by atoms with E-state index < -0.39 is 0 Å². The second-order valence-corrected chi connectivity index (χ2v) is 9.78. The molecular formula is C25H34ClN5O3. The number of ether oxygens (including phenoxy) is 1. The van der Waals surface area contributed by atoms with Crippen molar-refractivity contribution in [2.75, 3.05) is 46.3 Å². The highest BCUT2D eigenvalue weighted by Gasteiger charge is 2.35. The normalized spacial score (nSPS) is 21.5. The minimum Gasteiger partial charge on any atom is -0.490 e. The van der Waals surface area contributed by atoms with Crippen LogP contribution in [0.3, 0.4) is 0 Å². The zero-order valence-electron chi connectivity index (χ0n) is 19.8. The van der Waals surface area contributed by atoms with Crippen LogP contribution in [0.5, 0.6) is 5.75 Å². The van der Waals surface area contributed by atoms with Crippen LogP contribution in [0.4, 0.5) is 0 Å². The molecule has 9 heteroatoms. The van der Waals surface area contributed by atoms with E-state index in [0.717, 1.165) is 50.3 Å². The van der Waals surface area contributed by atoms with Gasteiger partial charge in [0.15, 0.2) is 0 Å². The highest BCUT2D eigenvalue weighted by atomic mass is 35.5. The third kappa shape index (κ3) is 6.73. The Labute approximate surface area is 206 Å². The molecule has 2 fully saturated rings. The van der Waals surface area contributed by atoms with Crippen LogP contribution in [-0.2, 0) is 16.0 Å². The Bertz CT molecular complexity index is 929. The minimum atomic E-state index is -0.118. The molecule has 0 saturated carbocycles. The van der Waals surface area contributed by atoms with Crippen molar-refractivity contribution in [3.63, 3.8) is 0 Å². The summed E-state index contributed by atoms with van der Waals surface area (Å²) in [5.41, 5.74) is 1.11. The summed E-state index contributed by atoms with van der Waals surface area (Å²) >= 11 is 6.02. The highest BCUT2D eigenvalue weighted by molar-refractivity contribution is 6.30. The molecule has 8 nitrogen and oxygen atoms in total. The van der Waals surface area contributed by atoms with Gasteiger partial charge >= 0.3 is 0 Å². The van der Waals surface area contributed by atoms with Crippen LogP contribution in [-0.4, -0.2) is 89.1 Å². The van der Waals surface area contributed by atoms with Crippen LogP contribution >= 0.6 is 11.6 Å². The Morgan fingerprint density at radius 3 is 2.56 bits per heavy atom. The molecule has 2 aliphatic rings. The predicted octanol–water partition coefficient (Wildman–Crippen LogP) is 2.85. The van der Waals surface area contributed by atoms with Gasteiger partial charge in [-0.05, 0) is 49.7 Å². The highest BCUT2D eigenvalue weighted by Crippen LogP contribution is 2.28. The van der Waals surface area contributed by atoms with Crippen molar-refractivity contribution in [3.8, 4) is 5.75 Å². The van der Waals surface area contributed by atoms with E-state index in [0.29, 0.717) is 37.4 Å². The number of likely N-dealkylation sites (tertiary alicyclic amines) is 1. The number of carbonyl (C=O) groups is 2. The number of hydrogen-bond acceptors (Lipinski definition) is 5. The van der Waals surface area contributed by atoms with Gasteiger partial charge in [0.1, 0.15) is 11.9 Å². The molecule has 3 heterocycles. The Morgan fingerprint density at radius 1 is 1.09 bits per heavy atom. The van der Waals surface area contributed by atoms with Crippen molar-refractivity contribution in [2.45, 2.75) is 38.2 Å². The lowest BCUT2D eigenvalue weighted by atomic mass is 9.90. The number of hydrogen-bond donors (Lipinski definition) is 1. The number of H-pyrrole nitrogens is 1. The van der Waals surface area contributed by atoms with E-state index in [1.807, 2.05) is 28.1 Å². The number of likely N-dealkylation sites (N-methyl/N-ethyl adjacent to an activating group) is 1. The maximum Gasteiger partial charge on any atom is 0.223 e. The van der Waals surface area contributed by atoms with E-state index in [1.54, 1.807) is 18.3 Å². The lowest BCUT2D eigenvalue weighted by Crippen LogP contribution is -2.51. The summed E-state index contributed by atoms with van der Waals surface area (Å²) in [4.78, 5) is 32.2. The van der Waals surface area contributed by atoms with E-state index in [1.165, 1.54) is 0 Å². The third-order valence-electron chi connectivity index (χ3n) is 6.82. The van der Waals surface area contributed by atoms with Crippen LogP contribution in [0.25, 0.3) is 0 Å². The number of benzene rings is 1.